The van der Waals surface area contributed by atoms with Gasteiger partial charge in [0.2, 0.25) is 0 Å². The summed E-state index contributed by atoms with van der Waals surface area (Å²) >= 11 is 6.58. The number of hydrogen-bond donors (Lipinski definition) is 2. The van der Waals surface area contributed by atoms with Crippen LogP contribution in [-0.4, -0.2) is 45.9 Å². The summed E-state index contributed by atoms with van der Waals surface area (Å²) in [6.07, 6.45) is 3.86. The third kappa shape index (κ3) is 6.51. The Morgan fingerprint density at radius 2 is 1.80 bits per heavy atom. The van der Waals surface area contributed by atoms with Crippen LogP contribution < -0.4 is 10.9 Å². The number of halogens is 2. The van der Waals surface area contributed by atoms with Crippen LogP contribution in [0, 0.1) is 5.82 Å². The molecule has 44 heavy (non-hydrogen) atoms. The molecule has 0 aliphatic carbocycles. The lowest BCUT2D eigenvalue weighted by molar-refractivity contribution is 0.0513. The lowest BCUT2D eigenvalue weighted by atomic mass is 10.1. The van der Waals surface area contributed by atoms with Gasteiger partial charge < -0.3 is 15.2 Å². The fourth-order valence-electron chi connectivity index (χ4n) is 4.61. The quantitative estimate of drug-likeness (QED) is 0.245. The van der Waals surface area contributed by atoms with E-state index < -0.39 is 23.1 Å². The van der Waals surface area contributed by atoms with Crippen LogP contribution in [-0.2, 0) is 30.5 Å². The maximum absolute atomic E-state index is 15.2. The summed E-state index contributed by atoms with van der Waals surface area (Å²) in [6.45, 7) is 9.03. The third-order valence-corrected chi connectivity index (χ3v) is 7.19. The molecule has 0 unspecified atom stereocenters. The predicted octanol–water partition coefficient (Wildman–Crippen LogP) is 5.46. The molecule has 3 heterocycles. The average molecular weight is 622 g/mol. The Bertz CT molecular complexity index is 1920. The summed E-state index contributed by atoms with van der Waals surface area (Å²) < 4.78 is 24.9. The van der Waals surface area contributed by atoms with Gasteiger partial charge in [-0.25, -0.2) is 19.2 Å². The first kappa shape index (κ1) is 30.9. The number of aromatic nitrogens is 6. The standard InChI is InChI=1S/C31H33ClFN7O4/c1-30(2,3)44-29(42)39-10-9-21(37-39)16-34-20-7-8-24(32)18(11-20)17-40-26-13-22(25(33)12-23(26)27(41)38(40)6)19-14-35-28(36-15-19)31(4,5)43/h7-15,34,43H,16-17H2,1-6H3. The summed E-state index contributed by atoms with van der Waals surface area (Å²) in [6, 6.07) is 9.94. The van der Waals surface area contributed by atoms with E-state index in [1.54, 1.807) is 70.7 Å². The van der Waals surface area contributed by atoms with E-state index in [2.05, 4.69) is 20.4 Å². The van der Waals surface area contributed by atoms with Gasteiger partial charge in [-0.2, -0.15) is 9.78 Å². The van der Waals surface area contributed by atoms with Gasteiger partial charge in [0.1, 0.15) is 17.0 Å². The van der Waals surface area contributed by atoms with Gasteiger partial charge in [-0.1, -0.05) is 11.6 Å². The molecule has 2 aromatic carbocycles. The topological polar surface area (TPSA) is 129 Å². The molecule has 0 saturated carbocycles. The maximum Gasteiger partial charge on any atom is 0.435 e. The van der Waals surface area contributed by atoms with Gasteiger partial charge in [-0.15, -0.1) is 0 Å². The molecule has 0 bridgehead atoms. The van der Waals surface area contributed by atoms with Crippen molar-refractivity contribution in [2.75, 3.05) is 5.32 Å². The Morgan fingerprint density at radius 1 is 1.09 bits per heavy atom. The number of benzene rings is 2. The predicted molar refractivity (Wildman–Crippen MR) is 165 cm³/mol. The molecule has 0 fully saturated rings. The van der Waals surface area contributed by atoms with Crippen molar-refractivity contribution in [2.45, 2.75) is 58.9 Å². The smallest absolute Gasteiger partial charge is 0.435 e. The molecule has 230 valence electrons. The van der Waals surface area contributed by atoms with E-state index in [0.717, 1.165) is 10.4 Å². The number of ether oxygens (including phenoxy) is 1. The van der Waals surface area contributed by atoms with Crippen molar-refractivity contribution >= 4 is 34.3 Å². The van der Waals surface area contributed by atoms with Crippen LogP contribution in [0.4, 0.5) is 14.9 Å². The zero-order valence-corrected chi connectivity index (χ0v) is 26.0. The molecule has 5 aromatic rings. The number of carbonyl (C=O) groups excluding carboxylic acids is 1. The number of nitrogens with zero attached hydrogens (tertiary/aromatic N) is 6. The lowest BCUT2D eigenvalue weighted by Gasteiger charge is -2.18. The first-order chi connectivity index (χ1) is 20.6. The van der Waals surface area contributed by atoms with Crippen LogP contribution in [0.3, 0.4) is 0 Å². The molecule has 0 aliphatic rings. The minimum Gasteiger partial charge on any atom is -0.442 e. The first-order valence-corrected chi connectivity index (χ1v) is 14.2. The summed E-state index contributed by atoms with van der Waals surface area (Å²) in [7, 11) is 1.61. The molecule has 0 amide bonds. The van der Waals surface area contributed by atoms with Gasteiger partial charge >= 0.3 is 6.09 Å². The van der Waals surface area contributed by atoms with Crippen LogP contribution >= 0.6 is 11.6 Å². The fraction of sp³-hybridized carbons (Fsp3) is 0.323. The number of anilines is 1. The van der Waals surface area contributed by atoms with Crippen molar-refractivity contribution < 1.29 is 19.0 Å². The van der Waals surface area contributed by atoms with Gasteiger partial charge in [0.05, 0.1) is 29.7 Å². The normalized spacial score (nSPS) is 12.1. The highest BCUT2D eigenvalue weighted by atomic mass is 35.5. The number of carbonyl (C=O) groups is 1. The summed E-state index contributed by atoms with van der Waals surface area (Å²) in [5, 5.41) is 18.4. The van der Waals surface area contributed by atoms with E-state index in [9.17, 15) is 14.7 Å². The van der Waals surface area contributed by atoms with Crippen molar-refractivity contribution in [3.8, 4) is 11.1 Å². The molecule has 0 radical (unpaired) electrons. The molecular formula is C31H33ClFN7O4. The Hall–Kier alpha value is -4.55. The molecule has 0 aliphatic heterocycles. The van der Waals surface area contributed by atoms with Crippen LogP contribution in [0.25, 0.3) is 22.0 Å². The van der Waals surface area contributed by atoms with Gasteiger partial charge in [0.25, 0.3) is 5.56 Å². The van der Waals surface area contributed by atoms with Crippen LogP contribution in [0.2, 0.25) is 5.02 Å². The van der Waals surface area contributed by atoms with Crippen LogP contribution in [0.5, 0.6) is 0 Å². The molecule has 0 saturated heterocycles. The molecule has 3 aromatic heterocycles. The SMILES string of the molecule is Cn1c(=O)c2cc(F)c(-c3cnc(C(C)(C)O)nc3)cc2n1Cc1cc(NCc2ccn(C(=O)OC(C)(C)C)n2)ccc1Cl. The largest absolute Gasteiger partial charge is 0.442 e. The molecule has 13 heteroatoms. The number of fused-ring (bicyclic) bond motifs is 1. The highest BCUT2D eigenvalue weighted by Gasteiger charge is 2.22. The summed E-state index contributed by atoms with van der Waals surface area (Å²) in [5.41, 5.74) is 0.965. The second-order valence-electron chi connectivity index (χ2n) is 12.0. The molecule has 2 N–H and O–H groups in total. The van der Waals surface area contributed by atoms with Gasteiger partial charge in [0.15, 0.2) is 5.82 Å². The van der Waals surface area contributed by atoms with E-state index in [4.69, 9.17) is 16.3 Å². The van der Waals surface area contributed by atoms with Crippen molar-refractivity contribution in [1.29, 1.82) is 0 Å². The second kappa shape index (κ2) is 11.5. The first-order valence-electron chi connectivity index (χ1n) is 13.9. The fourth-order valence-corrected chi connectivity index (χ4v) is 4.79. The van der Waals surface area contributed by atoms with E-state index in [-0.39, 0.29) is 28.9 Å². The Kier molecular flexibility index (Phi) is 8.08. The zero-order valence-electron chi connectivity index (χ0n) is 25.2. The van der Waals surface area contributed by atoms with Crippen molar-refractivity contribution in [2.24, 2.45) is 7.05 Å². The number of rotatable bonds is 7. The highest BCUT2D eigenvalue weighted by molar-refractivity contribution is 6.31. The summed E-state index contributed by atoms with van der Waals surface area (Å²) in [4.78, 5) is 33.7. The monoisotopic (exact) mass is 621 g/mol. The van der Waals surface area contributed by atoms with Gasteiger partial charge in [-0.3, -0.25) is 14.2 Å². The number of aliphatic hydroxyl groups is 1. The zero-order chi connectivity index (χ0) is 32.0. The van der Waals surface area contributed by atoms with Crippen LogP contribution in [0.15, 0.2) is 59.8 Å². The molecule has 0 spiro atoms. The average Bonchev–Trinajstić information content (AvgIpc) is 3.51. The van der Waals surface area contributed by atoms with E-state index >= 15 is 4.39 Å². The number of nitrogens with one attached hydrogen (secondary N) is 1. The van der Waals surface area contributed by atoms with E-state index in [0.29, 0.717) is 33.9 Å². The molecule has 11 nitrogen and oxygen atoms in total. The number of hydrogen-bond acceptors (Lipinski definition) is 8. The Labute approximate surface area is 257 Å². The Morgan fingerprint density at radius 3 is 2.45 bits per heavy atom. The molecule has 5 rings (SSSR count). The highest BCUT2D eigenvalue weighted by Crippen LogP contribution is 2.29. The van der Waals surface area contributed by atoms with Crippen molar-refractivity contribution in [3.63, 3.8) is 0 Å². The lowest BCUT2D eigenvalue weighted by Crippen LogP contribution is -2.27. The minimum atomic E-state index is -1.24. The van der Waals surface area contributed by atoms with Crippen molar-refractivity contribution in [1.82, 2.24) is 29.1 Å². The van der Waals surface area contributed by atoms with Gasteiger partial charge in [0, 0.05) is 47.5 Å². The van der Waals surface area contributed by atoms with Crippen molar-refractivity contribution in [3.05, 3.63) is 93.3 Å². The Balaban J connectivity index is 1.41. The van der Waals surface area contributed by atoms with Crippen LogP contribution in [0.1, 0.15) is 51.7 Å². The minimum absolute atomic E-state index is 0.207. The third-order valence-electron chi connectivity index (χ3n) is 6.82. The maximum atomic E-state index is 15.2. The van der Waals surface area contributed by atoms with Gasteiger partial charge in [-0.05, 0) is 76.6 Å². The molecular weight excluding hydrogens is 589 g/mol. The van der Waals surface area contributed by atoms with E-state index in [1.807, 2.05) is 12.1 Å². The van der Waals surface area contributed by atoms with E-state index in [1.165, 1.54) is 23.1 Å². The second-order valence-corrected chi connectivity index (χ2v) is 12.4. The molecule has 0 atom stereocenters. The summed E-state index contributed by atoms with van der Waals surface area (Å²) in [5.74, 6) is -0.385.